The highest BCUT2D eigenvalue weighted by Gasteiger charge is 2.41. The molecular formula is C26H28N2O4S. The molecule has 0 spiro atoms. The van der Waals surface area contributed by atoms with E-state index in [4.69, 9.17) is 9.47 Å². The second-order valence-corrected chi connectivity index (χ2v) is 8.98. The summed E-state index contributed by atoms with van der Waals surface area (Å²) >= 11 is 1.69. The number of piperidine rings is 1. The van der Waals surface area contributed by atoms with E-state index in [1.807, 2.05) is 60.0 Å². The Labute approximate surface area is 198 Å². The quantitative estimate of drug-likeness (QED) is 0.529. The van der Waals surface area contributed by atoms with Gasteiger partial charge in [0.05, 0.1) is 26.2 Å². The van der Waals surface area contributed by atoms with Crippen molar-refractivity contribution >= 4 is 28.8 Å². The monoisotopic (exact) mass is 464 g/mol. The van der Waals surface area contributed by atoms with Crippen molar-refractivity contribution < 1.29 is 19.1 Å². The summed E-state index contributed by atoms with van der Waals surface area (Å²) in [6.45, 7) is 0.571. The molecule has 3 aromatic rings. The molecule has 1 aliphatic heterocycles. The fourth-order valence-electron chi connectivity index (χ4n) is 4.29. The molecule has 2 unspecified atom stereocenters. The Hall–Kier alpha value is -3.32. The zero-order valence-corrected chi connectivity index (χ0v) is 19.6. The van der Waals surface area contributed by atoms with Gasteiger partial charge in [-0.2, -0.15) is 0 Å². The second kappa shape index (κ2) is 10.5. The lowest BCUT2D eigenvalue weighted by molar-refractivity contribution is -0.129. The number of carbonyl (C=O) groups excluding carboxylic acids is 2. The minimum atomic E-state index is -0.410. The van der Waals surface area contributed by atoms with Gasteiger partial charge in [0.1, 0.15) is 11.5 Å². The fraction of sp³-hybridized carbons (Fsp3) is 0.308. The molecule has 0 bridgehead atoms. The number of methoxy groups -OCH3 is 2. The summed E-state index contributed by atoms with van der Waals surface area (Å²) in [6, 6.07) is 18.7. The van der Waals surface area contributed by atoms with E-state index < -0.39 is 6.04 Å². The molecule has 0 aliphatic carbocycles. The molecule has 1 aromatic heterocycles. The van der Waals surface area contributed by atoms with Crippen LogP contribution in [-0.2, 0) is 16.0 Å². The van der Waals surface area contributed by atoms with E-state index in [9.17, 15) is 9.59 Å². The second-order valence-electron chi connectivity index (χ2n) is 7.95. The van der Waals surface area contributed by atoms with E-state index in [0.717, 1.165) is 23.4 Å². The number of rotatable bonds is 8. The number of ether oxygens (including phenoxy) is 2. The van der Waals surface area contributed by atoms with E-state index in [-0.39, 0.29) is 17.7 Å². The van der Waals surface area contributed by atoms with Crippen LogP contribution in [0.15, 0.2) is 66.0 Å². The van der Waals surface area contributed by atoms with Crippen molar-refractivity contribution in [3.63, 3.8) is 0 Å². The number of amides is 2. The van der Waals surface area contributed by atoms with Crippen molar-refractivity contribution in [1.82, 2.24) is 5.32 Å². The van der Waals surface area contributed by atoms with Crippen molar-refractivity contribution in [2.24, 2.45) is 5.92 Å². The SMILES string of the molecule is COc1ccc(C2C(C(=O)NCCc3cccs3)CCC(=O)N2c2ccc(OC)cc2)cc1. The van der Waals surface area contributed by atoms with Gasteiger partial charge in [0.25, 0.3) is 0 Å². The highest BCUT2D eigenvalue weighted by molar-refractivity contribution is 7.09. The van der Waals surface area contributed by atoms with Crippen LogP contribution in [0, 0.1) is 5.92 Å². The Morgan fingerprint density at radius 3 is 2.30 bits per heavy atom. The van der Waals surface area contributed by atoms with Crippen LogP contribution in [0.1, 0.15) is 29.3 Å². The molecular weight excluding hydrogens is 436 g/mol. The van der Waals surface area contributed by atoms with E-state index in [2.05, 4.69) is 11.4 Å². The summed E-state index contributed by atoms with van der Waals surface area (Å²) in [6.07, 6.45) is 1.62. The van der Waals surface area contributed by atoms with Gasteiger partial charge >= 0.3 is 0 Å². The van der Waals surface area contributed by atoms with Crippen LogP contribution in [0.2, 0.25) is 0 Å². The molecule has 0 saturated carbocycles. The third-order valence-corrected chi connectivity index (χ3v) is 6.93. The third-order valence-electron chi connectivity index (χ3n) is 5.99. The highest BCUT2D eigenvalue weighted by Crippen LogP contribution is 2.40. The van der Waals surface area contributed by atoms with Crippen LogP contribution >= 0.6 is 11.3 Å². The first-order valence-corrected chi connectivity index (χ1v) is 11.9. The molecule has 4 rings (SSSR count). The van der Waals surface area contributed by atoms with Gasteiger partial charge in [0, 0.05) is 23.5 Å². The van der Waals surface area contributed by atoms with Crippen molar-refractivity contribution in [1.29, 1.82) is 0 Å². The van der Waals surface area contributed by atoms with Crippen LogP contribution in [0.25, 0.3) is 0 Å². The lowest BCUT2D eigenvalue weighted by Crippen LogP contribution is -2.48. The molecule has 2 heterocycles. The first-order valence-electron chi connectivity index (χ1n) is 11.0. The minimum absolute atomic E-state index is 0.00335. The molecule has 0 radical (unpaired) electrons. The molecule has 1 N–H and O–H groups in total. The third kappa shape index (κ3) is 5.20. The van der Waals surface area contributed by atoms with E-state index >= 15 is 0 Å². The fourth-order valence-corrected chi connectivity index (χ4v) is 5.00. The molecule has 172 valence electrons. The van der Waals surface area contributed by atoms with Gasteiger partial charge in [0.2, 0.25) is 11.8 Å². The summed E-state index contributed by atoms with van der Waals surface area (Å²) in [7, 11) is 3.23. The van der Waals surface area contributed by atoms with Gasteiger partial charge in [-0.15, -0.1) is 11.3 Å². The number of benzene rings is 2. The number of hydrogen-bond acceptors (Lipinski definition) is 5. The Kier molecular flexibility index (Phi) is 7.29. The molecule has 6 nitrogen and oxygen atoms in total. The van der Waals surface area contributed by atoms with Crippen LogP contribution in [0.5, 0.6) is 11.5 Å². The van der Waals surface area contributed by atoms with Crippen LogP contribution in [0.3, 0.4) is 0 Å². The largest absolute Gasteiger partial charge is 0.497 e. The zero-order valence-electron chi connectivity index (χ0n) is 18.8. The van der Waals surface area contributed by atoms with E-state index in [1.54, 1.807) is 30.5 Å². The summed E-state index contributed by atoms with van der Waals surface area (Å²) in [5.41, 5.74) is 1.65. The molecule has 33 heavy (non-hydrogen) atoms. The summed E-state index contributed by atoms with van der Waals surface area (Å²) in [5.74, 6) is 1.06. The van der Waals surface area contributed by atoms with E-state index in [1.165, 1.54) is 4.88 Å². The van der Waals surface area contributed by atoms with Gasteiger partial charge < -0.3 is 19.7 Å². The van der Waals surface area contributed by atoms with Crippen molar-refractivity contribution in [2.45, 2.75) is 25.3 Å². The maximum Gasteiger partial charge on any atom is 0.227 e. The molecule has 2 atom stereocenters. The Bertz CT molecular complexity index is 1060. The van der Waals surface area contributed by atoms with Crippen molar-refractivity contribution in [3.05, 3.63) is 76.5 Å². The molecule has 1 saturated heterocycles. The average Bonchev–Trinajstić information content (AvgIpc) is 3.37. The first kappa shape index (κ1) is 22.9. The Balaban J connectivity index is 1.62. The Morgan fingerprint density at radius 2 is 1.70 bits per heavy atom. The Morgan fingerprint density at radius 1 is 1.03 bits per heavy atom. The molecule has 2 amide bonds. The number of carbonyl (C=O) groups is 2. The zero-order chi connectivity index (χ0) is 23.2. The normalized spacial score (nSPS) is 18.1. The van der Waals surface area contributed by atoms with Gasteiger partial charge in [-0.1, -0.05) is 18.2 Å². The maximum atomic E-state index is 13.3. The van der Waals surface area contributed by atoms with Gasteiger partial charge in [-0.05, 0) is 66.2 Å². The van der Waals surface area contributed by atoms with Gasteiger partial charge in [-0.25, -0.2) is 0 Å². The van der Waals surface area contributed by atoms with Crippen LogP contribution in [-0.4, -0.2) is 32.6 Å². The topological polar surface area (TPSA) is 67.9 Å². The summed E-state index contributed by atoms with van der Waals surface area (Å²) in [4.78, 5) is 29.5. The van der Waals surface area contributed by atoms with Crippen molar-refractivity contribution in [3.8, 4) is 11.5 Å². The first-order chi connectivity index (χ1) is 16.1. The van der Waals surface area contributed by atoms with Crippen LogP contribution in [0.4, 0.5) is 5.69 Å². The number of nitrogens with one attached hydrogen (secondary N) is 1. The standard InChI is InChI=1S/C26H28N2O4S/c1-31-20-9-5-18(6-10-20)25-23(26(30)27-16-15-22-4-3-17-33-22)13-14-24(29)28(25)19-7-11-21(32-2)12-8-19/h3-12,17,23,25H,13-16H2,1-2H3,(H,27,30). The predicted molar refractivity (Wildman–Crippen MR) is 130 cm³/mol. The molecule has 2 aromatic carbocycles. The lowest BCUT2D eigenvalue weighted by atomic mass is 9.83. The van der Waals surface area contributed by atoms with E-state index in [0.29, 0.717) is 25.1 Å². The summed E-state index contributed by atoms with van der Waals surface area (Å²) in [5, 5.41) is 5.14. The number of anilines is 1. The predicted octanol–water partition coefficient (Wildman–Crippen LogP) is 4.61. The molecule has 7 heteroatoms. The van der Waals surface area contributed by atoms with Gasteiger partial charge in [-0.3, -0.25) is 9.59 Å². The highest BCUT2D eigenvalue weighted by atomic mass is 32.1. The lowest BCUT2D eigenvalue weighted by Gasteiger charge is -2.41. The van der Waals surface area contributed by atoms with Gasteiger partial charge in [0.15, 0.2) is 0 Å². The number of thiophene rings is 1. The number of hydrogen-bond donors (Lipinski definition) is 1. The molecule has 1 aliphatic rings. The smallest absolute Gasteiger partial charge is 0.227 e. The van der Waals surface area contributed by atoms with Crippen LogP contribution < -0.4 is 19.7 Å². The maximum absolute atomic E-state index is 13.3. The van der Waals surface area contributed by atoms with Crippen molar-refractivity contribution in [2.75, 3.05) is 25.7 Å². The minimum Gasteiger partial charge on any atom is -0.497 e. The number of nitrogens with zero attached hydrogens (tertiary/aromatic N) is 1. The average molecular weight is 465 g/mol. The molecule has 1 fully saturated rings. The summed E-state index contributed by atoms with van der Waals surface area (Å²) < 4.78 is 10.6.